The molecule has 8 rings (SSSR count). The van der Waals surface area contributed by atoms with Crippen LogP contribution in [0.15, 0.2) is 134 Å². The molecule has 2 aromatic heterocycles. The Kier molecular flexibility index (Phi) is 12.5. The van der Waals surface area contributed by atoms with Crippen molar-refractivity contribution in [2.75, 3.05) is 26.6 Å². The van der Waals surface area contributed by atoms with E-state index in [1.165, 1.54) is 17.2 Å². The first kappa shape index (κ1) is 43.6. The zero-order valence-electron chi connectivity index (χ0n) is 36.1. The van der Waals surface area contributed by atoms with Crippen LogP contribution in [0.5, 0.6) is 11.5 Å². The molecule has 64 heavy (non-hydrogen) atoms. The minimum Gasteiger partial charge on any atom is -0.497 e. The highest BCUT2D eigenvalue weighted by Crippen LogP contribution is 2.43. The number of aliphatic hydroxyl groups excluding tert-OH is 1. The van der Waals surface area contributed by atoms with Gasteiger partial charge in [0.1, 0.15) is 52.8 Å². The maximum Gasteiger partial charge on any atom is 0.408 e. The number of fused-ring (bicyclic) bond motifs is 2. The van der Waals surface area contributed by atoms with Crippen molar-refractivity contribution in [3.05, 3.63) is 156 Å². The number of hydrogen-bond acceptors (Lipinski definition) is 13. The van der Waals surface area contributed by atoms with E-state index in [9.17, 15) is 14.7 Å². The number of benzene rings is 5. The molecule has 5 atom stereocenters. The average molecular weight is 867 g/mol. The van der Waals surface area contributed by atoms with Gasteiger partial charge in [-0.15, -0.1) is 0 Å². The van der Waals surface area contributed by atoms with E-state index in [2.05, 4.69) is 20.3 Å². The van der Waals surface area contributed by atoms with Crippen molar-refractivity contribution in [3.63, 3.8) is 0 Å². The lowest BCUT2D eigenvalue weighted by Gasteiger charge is -2.37. The van der Waals surface area contributed by atoms with Gasteiger partial charge in [-0.3, -0.25) is 4.57 Å². The second-order valence-electron chi connectivity index (χ2n) is 16.4. The van der Waals surface area contributed by atoms with Crippen molar-refractivity contribution in [2.24, 2.45) is 0 Å². The third-order valence-corrected chi connectivity index (χ3v) is 11.1. The summed E-state index contributed by atoms with van der Waals surface area (Å²) in [5.41, 5.74) is 7.69. The lowest BCUT2D eigenvalue weighted by molar-refractivity contribution is -0.161. The number of nitrogens with one attached hydrogen (secondary N) is 1. The van der Waals surface area contributed by atoms with Crippen LogP contribution in [-0.2, 0) is 35.8 Å². The third-order valence-electron chi connectivity index (χ3n) is 11.1. The Morgan fingerprint density at radius 2 is 1.44 bits per heavy atom. The van der Waals surface area contributed by atoms with E-state index in [1.807, 2.05) is 121 Å². The van der Waals surface area contributed by atoms with Crippen LogP contribution in [0.2, 0.25) is 0 Å². The van der Waals surface area contributed by atoms with E-state index in [0.717, 1.165) is 33.0 Å². The number of hydrogen-bond donors (Lipinski definition) is 3. The number of rotatable bonds is 14. The Morgan fingerprint density at radius 1 is 0.812 bits per heavy atom. The number of anilines is 1. The minimum atomic E-state index is -1.48. The number of ether oxygens (including phenoxy) is 6. The van der Waals surface area contributed by atoms with Gasteiger partial charge in [0, 0.05) is 6.42 Å². The zero-order valence-corrected chi connectivity index (χ0v) is 36.1. The molecule has 7 aromatic rings. The van der Waals surface area contributed by atoms with Gasteiger partial charge in [0.25, 0.3) is 0 Å². The van der Waals surface area contributed by atoms with Crippen LogP contribution in [-0.4, -0.2) is 87.5 Å². The lowest BCUT2D eigenvalue weighted by Crippen LogP contribution is -2.48. The largest absolute Gasteiger partial charge is 0.497 e. The van der Waals surface area contributed by atoms with Crippen molar-refractivity contribution in [3.8, 4) is 11.5 Å². The van der Waals surface area contributed by atoms with E-state index < -0.39 is 53.8 Å². The number of alkyl carbamates (subject to hydrolysis) is 1. The number of aliphatic hydroxyl groups is 1. The highest BCUT2D eigenvalue weighted by Gasteiger charge is 2.50. The van der Waals surface area contributed by atoms with Gasteiger partial charge in [-0.25, -0.2) is 24.5 Å². The molecule has 15 nitrogen and oxygen atoms in total. The number of esters is 1. The number of aromatic nitrogens is 4. The molecule has 0 radical (unpaired) electrons. The number of imidazole rings is 1. The topological polar surface area (TPSA) is 191 Å². The fourth-order valence-corrected chi connectivity index (χ4v) is 8.01. The summed E-state index contributed by atoms with van der Waals surface area (Å²) in [7, 11) is 3.20. The van der Waals surface area contributed by atoms with Crippen LogP contribution in [0.1, 0.15) is 49.3 Å². The van der Waals surface area contributed by atoms with Crippen LogP contribution >= 0.6 is 0 Å². The molecule has 0 aliphatic carbocycles. The third kappa shape index (κ3) is 9.04. The molecule has 0 bridgehead atoms. The molecule has 15 heteroatoms. The summed E-state index contributed by atoms with van der Waals surface area (Å²) in [5, 5.41) is 17.0. The van der Waals surface area contributed by atoms with Crippen molar-refractivity contribution in [1.82, 2.24) is 24.8 Å². The standard InChI is InChI=1S/C49H50N6O9/c1-48(2,3)64-47(58)54-38(26-30-15-16-31-11-9-10-12-32(31)25-30)46(57)63-42-41(56)39(62-45(42)55-29-53-40-43(50)51-28-52-44(40)55)27-61-49(33-13-7-6-8-14-33,34-17-21-36(59-4)22-18-34)35-19-23-37(60-5)24-20-35/h6-25,28-29,38-39,41-42,45,56H,26-27H2,1-5H3,(H,54,58)(H2,50,51,52)/t38?,39-,41-,42-,45-/m1/s1. The Hall–Kier alpha value is -7.07. The van der Waals surface area contributed by atoms with Gasteiger partial charge in [-0.2, -0.15) is 0 Å². The molecular weight excluding hydrogens is 817 g/mol. The van der Waals surface area contributed by atoms with E-state index in [-0.39, 0.29) is 30.0 Å². The molecule has 1 amide bonds. The van der Waals surface area contributed by atoms with Crippen molar-refractivity contribution in [2.45, 2.75) is 69.0 Å². The number of nitrogens with zero attached hydrogens (tertiary/aromatic N) is 4. The number of amides is 1. The molecule has 330 valence electrons. The maximum absolute atomic E-state index is 14.5. The summed E-state index contributed by atoms with van der Waals surface area (Å²) in [6.45, 7) is 4.97. The van der Waals surface area contributed by atoms with E-state index >= 15 is 0 Å². The van der Waals surface area contributed by atoms with Crippen molar-refractivity contribution in [1.29, 1.82) is 0 Å². The smallest absolute Gasteiger partial charge is 0.408 e. The predicted octanol–water partition coefficient (Wildman–Crippen LogP) is 6.89. The zero-order chi connectivity index (χ0) is 45.0. The van der Waals surface area contributed by atoms with Gasteiger partial charge in [-0.1, -0.05) is 97.1 Å². The first-order valence-corrected chi connectivity index (χ1v) is 20.8. The molecule has 1 unspecified atom stereocenters. The maximum atomic E-state index is 14.5. The molecule has 1 saturated heterocycles. The SMILES string of the molecule is COc1ccc(C(OC[C@H]2O[C@@H](n3cnc4c(N)ncnc43)[C@H](OC(=O)C(Cc3ccc4ccccc4c3)NC(=O)OC(C)(C)C)[C@@H]2O)(c2ccccc2)c2ccc(OC)cc2)cc1. The molecule has 1 aliphatic heterocycles. The van der Waals surface area contributed by atoms with Crippen LogP contribution in [0.3, 0.4) is 0 Å². The summed E-state index contributed by atoms with van der Waals surface area (Å²) < 4.78 is 38.2. The number of nitrogen functional groups attached to an aromatic ring is 1. The van der Waals surface area contributed by atoms with Crippen LogP contribution < -0.4 is 20.5 Å². The van der Waals surface area contributed by atoms with E-state index in [0.29, 0.717) is 11.5 Å². The summed E-state index contributed by atoms with van der Waals surface area (Å²) in [6.07, 6.45) is -3.19. The number of methoxy groups -OCH3 is 2. The van der Waals surface area contributed by atoms with Crippen LogP contribution in [0, 0.1) is 0 Å². The summed E-state index contributed by atoms with van der Waals surface area (Å²) in [5.74, 6) is 0.588. The number of carbonyl (C=O) groups excluding carboxylic acids is 2. The van der Waals surface area contributed by atoms with Gasteiger partial charge < -0.3 is 44.6 Å². The molecular formula is C49H50N6O9. The predicted molar refractivity (Wildman–Crippen MR) is 239 cm³/mol. The van der Waals surface area contributed by atoms with Crippen molar-refractivity contribution >= 4 is 39.8 Å². The molecule has 0 saturated carbocycles. The summed E-state index contributed by atoms with van der Waals surface area (Å²) >= 11 is 0. The van der Waals surface area contributed by atoms with Gasteiger partial charge >= 0.3 is 12.1 Å². The summed E-state index contributed by atoms with van der Waals surface area (Å²) in [6, 6.07) is 37.1. The Labute approximate surface area is 370 Å². The van der Waals surface area contributed by atoms with E-state index in [1.54, 1.807) is 35.0 Å². The van der Waals surface area contributed by atoms with Gasteiger partial charge in [0.2, 0.25) is 0 Å². The van der Waals surface area contributed by atoms with Gasteiger partial charge in [0.05, 0.1) is 27.2 Å². The number of nitrogens with two attached hydrogens (primary N) is 1. The normalized spacial score (nSPS) is 18.1. The summed E-state index contributed by atoms with van der Waals surface area (Å²) in [4.78, 5) is 40.7. The van der Waals surface area contributed by atoms with E-state index in [4.69, 9.17) is 34.2 Å². The molecule has 0 spiro atoms. The second-order valence-corrected chi connectivity index (χ2v) is 16.4. The van der Waals surface area contributed by atoms with Gasteiger partial charge in [-0.05, 0) is 78.1 Å². The fraction of sp³-hybridized carbons (Fsp3) is 0.286. The fourth-order valence-electron chi connectivity index (χ4n) is 8.01. The van der Waals surface area contributed by atoms with Crippen molar-refractivity contribution < 1.29 is 43.1 Å². The monoisotopic (exact) mass is 866 g/mol. The quantitative estimate of drug-likeness (QED) is 0.0757. The molecule has 5 aromatic carbocycles. The van der Waals surface area contributed by atoms with Crippen LogP contribution in [0.25, 0.3) is 21.9 Å². The molecule has 3 heterocycles. The number of carbonyl (C=O) groups is 2. The molecule has 1 fully saturated rings. The van der Waals surface area contributed by atoms with Crippen LogP contribution in [0.4, 0.5) is 10.6 Å². The molecule has 1 aliphatic rings. The molecule has 4 N–H and O–H groups in total. The first-order valence-electron chi connectivity index (χ1n) is 20.8. The lowest BCUT2D eigenvalue weighted by atomic mass is 9.80. The Morgan fingerprint density at radius 3 is 2.08 bits per heavy atom. The van der Waals surface area contributed by atoms with Gasteiger partial charge in [0.15, 0.2) is 23.8 Å². The Balaban J connectivity index is 1.16. The first-order chi connectivity index (χ1) is 30.9. The highest BCUT2D eigenvalue weighted by atomic mass is 16.6. The minimum absolute atomic E-state index is 0.0465. The highest BCUT2D eigenvalue weighted by molar-refractivity contribution is 5.85. The Bertz CT molecular complexity index is 2680. The average Bonchev–Trinajstić information content (AvgIpc) is 3.87. The second kappa shape index (κ2) is 18.3.